The Labute approximate surface area is 182 Å². The first-order chi connectivity index (χ1) is 15.7. The predicted octanol–water partition coefficient (Wildman–Crippen LogP) is 4.95. The first-order valence-electron chi connectivity index (χ1n) is 9.91. The van der Waals surface area contributed by atoms with Gasteiger partial charge in [-0.3, -0.25) is 0 Å². The minimum Gasteiger partial charge on any atom is -0.481 e. The Bertz CT molecular complexity index is 1350. The van der Waals surface area contributed by atoms with Crippen molar-refractivity contribution in [3.63, 3.8) is 0 Å². The number of hydrogen-bond donors (Lipinski definition) is 1. The molecule has 5 rings (SSSR count). The zero-order chi connectivity index (χ0) is 21.9. The smallest absolute Gasteiger partial charge is 0.246 e. The van der Waals surface area contributed by atoms with Crippen LogP contribution < -0.4 is 9.47 Å². The van der Waals surface area contributed by atoms with Gasteiger partial charge < -0.3 is 14.5 Å². The van der Waals surface area contributed by atoms with Crippen LogP contribution in [0.1, 0.15) is 11.4 Å². The van der Waals surface area contributed by atoms with Crippen molar-refractivity contribution in [2.24, 2.45) is 0 Å². The van der Waals surface area contributed by atoms with Crippen LogP contribution in [0.5, 0.6) is 17.5 Å². The van der Waals surface area contributed by atoms with Crippen molar-refractivity contribution >= 4 is 11.0 Å². The molecule has 0 saturated carbocycles. The van der Waals surface area contributed by atoms with E-state index >= 15 is 0 Å². The maximum Gasteiger partial charge on any atom is 0.246 e. The summed E-state index contributed by atoms with van der Waals surface area (Å²) in [6.07, 6.45) is 4.76. The number of methoxy groups -OCH3 is 1. The van der Waals surface area contributed by atoms with E-state index in [-0.39, 0.29) is 11.8 Å². The maximum atomic E-state index is 13.8. The Hall–Kier alpha value is -4.33. The summed E-state index contributed by atoms with van der Waals surface area (Å²) in [4.78, 5) is 20.5. The highest BCUT2D eigenvalue weighted by Crippen LogP contribution is 2.34. The second-order valence-electron chi connectivity index (χ2n) is 7.04. The molecule has 158 valence electrons. The highest BCUT2D eigenvalue weighted by atomic mass is 19.1. The summed E-state index contributed by atoms with van der Waals surface area (Å²) < 4.78 is 25.0. The average molecular weight is 427 g/mol. The number of aromatic nitrogens is 5. The van der Waals surface area contributed by atoms with Crippen LogP contribution in [0.15, 0.2) is 73.2 Å². The SMILES string of the molecule is COc1ncc(F)cc1-c1nccnc1Oc1ccc(Cc2nc3ccccc3[nH]2)cc1. The van der Waals surface area contributed by atoms with Crippen molar-refractivity contribution in [2.45, 2.75) is 6.42 Å². The number of hydrogen-bond acceptors (Lipinski definition) is 6. The largest absolute Gasteiger partial charge is 0.481 e. The molecule has 5 aromatic rings. The van der Waals surface area contributed by atoms with Crippen molar-refractivity contribution in [3.8, 4) is 28.8 Å². The molecule has 0 aliphatic carbocycles. The van der Waals surface area contributed by atoms with Gasteiger partial charge in [0.1, 0.15) is 23.1 Å². The highest BCUT2D eigenvalue weighted by molar-refractivity contribution is 5.74. The van der Waals surface area contributed by atoms with Gasteiger partial charge in [0.2, 0.25) is 11.8 Å². The van der Waals surface area contributed by atoms with E-state index in [4.69, 9.17) is 9.47 Å². The first-order valence-corrected chi connectivity index (χ1v) is 9.91. The minimum absolute atomic E-state index is 0.225. The van der Waals surface area contributed by atoms with Crippen molar-refractivity contribution in [1.29, 1.82) is 0 Å². The zero-order valence-electron chi connectivity index (χ0n) is 17.1. The number of para-hydroxylation sites is 2. The third-order valence-corrected chi connectivity index (χ3v) is 4.88. The molecule has 0 amide bonds. The monoisotopic (exact) mass is 427 g/mol. The minimum atomic E-state index is -0.507. The number of benzene rings is 2. The van der Waals surface area contributed by atoms with E-state index in [1.54, 1.807) is 0 Å². The standard InChI is InChI=1S/C24H18FN5O2/c1-31-23-18(13-16(25)14-28-23)22-24(27-11-10-26-22)32-17-8-6-15(7-9-17)12-21-29-19-4-2-3-5-20(19)30-21/h2-11,13-14H,12H2,1H3,(H,29,30). The van der Waals surface area contributed by atoms with E-state index < -0.39 is 5.82 Å². The molecule has 3 aromatic heterocycles. The molecular formula is C24H18FN5O2. The summed E-state index contributed by atoms with van der Waals surface area (Å²) in [5.74, 6) is 1.42. The molecule has 2 aromatic carbocycles. The maximum absolute atomic E-state index is 13.8. The topological polar surface area (TPSA) is 85.8 Å². The quantitative estimate of drug-likeness (QED) is 0.413. The number of aromatic amines is 1. The van der Waals surface area contributed by atoms with Crippen molar-refractivity contribution in [2.75, 3.05) is 7.11 Å². The second-order valence-corrected chi connectivity index (χ2v) is 7.04. The molecule has 3 heterocycles. The molecule has 0 atom stereocenters. The lowest BCUT2D eigenvalue weighted by Gasteiger charge is -2.11. The van der Waals surface area contributed by atoms with Crippen LogP contribution in [0, 0.1) is 5.82 Å². The first kappa shape index (κ1) is 19.6. The van der Waals surface area contributed by atoms with Gasteiger partial charge in [-0.25, -0.2) is 24.3 Å². The summed E-state index contributed by atoms with van der Waals surface area (Å²) in [7, 11) is 1.46. The van der Waals surface area contributed by atoms with Crippen molar-refractivity contribution < 1.29 is 13.9 Å². The van der Waals surface area contributed by atoms with E-state index in [1.165, 1.54) is 25.6 Å². The van der Waals surface area contributed by atoms with Crippen LogP contribution in [0.3, 0.4) is 0 Å². The van der Waals surface area contributed by atoms with Crippen molar-refractivity contribution in [1.82, 2.24) is 24.9 Å². The highest BCUT2D eigenvalue weighted by Gasteiger charge is 2.17. The number of ether oxygens (including phenoxy) is 2. The average Bonchev–Trinajstić information content (AvgIpc) is 3.23. The number of halogens is 1. The van der Waals surface area contributed by atoms with E-state index in [0.29, 0.717) is 23.4 Å². The fourth-order valence-corrected chi connectivity index (χ4v) is 3.41. The lowest BCUT2D eigenvalue weighted by molar-refractivity contribution is 0.396. The Morgan fingerprint density at radius 2 is 1.75 bits per heavy atom. The van der Waals surface area contributed by atoms with Gasteiger partial charge in [-0.1, -0.05) is 24.3 Å². The Kier molecular flexibility index (Phi) is 5.17. The molecule has 0 aliphatic rings. The van der Waals surface area contributed by atoms with E-state index in [9.17, 15) is 4.39 Å². The molecule has 8 heteroatoms. The summed E-state index contributed by atoms with van der Waals surface area (Å²) in [5, 5.41) is 0. The van der Waals surface area contributed by atoms with Crippen LogP contribution >= 0.6 is 0 Å². The molecule has 0 radical (unpaired) electrons. The van der Waals surface area contributed by atoms with Crippen LogP contribution in [0.4, 0.5) is 4.39 Å². The number of fused-ring (bicyclic) bond motifs is 1. The van der Waals surface area contributed by atoms with Gasteiger partial charge >= 0.3 is 0 Å². The second kappa shape index (κ2) is 8.43. The van der Waals surface area contributed by atoms with E-state index in [0.717, 1.165) is 28.6 Å². The van der Waals surface area contributed by atoms with E-state index in [1.807, 2.05) is 48.5 Å². The molecule has 0 bridgehead atoms. The molecule has 7 nitrogen and oxygen atoms in total. The zero-order valence-corrected chi connectivity index (χ0v) is 17.1. The molecule has 0 aliphatic heterocycles. The third-order valence-electron chi connectivity index (χ3n) is 4.88. The molecule has 0 saturated heterocycles. The van der Waals surface area contributed by atoms with Gasteiger partial charge in [0.05, 0.1) is 29.9 Å². The molecule has 32 heavy (non-hydrogen) atoms. The lowest BCUT2D eigenvalue weighted by Crippen LogP contribution is -1.98. The van der Waals surface area contributed by atoms with Gasteiger partial charge in [-0.15, -0.1) is 0 Å². The van der Waals surface area contributed by atoms with Crippen LogP contribution in [-0.2, 0) is 6.42 Å². The number of imidazole rings is 1. The van der Waals surface area contributed by atoms with Gasteiger partial charge in [0.15, 0.2) is 0 Å². The van der Waals surface area contributed by atoms with Crippen LogP contribution in [0.25, 0.3) is 22.3 Å². The fraction of sp³-hybridized carbons (Fsp3) is 0.0833. The fourth-order valence-electron chi connectivity index (χ4n) is 3.41. The number of nitrogens with zero attached hydrogens (tertiary/aromatic N) is 4. The van der Waals surface area contributed by atoms with Gasteiger partial charge in [-0.2, -0.15) is 0 Å². The van der Waals surface area contributed by atoms with Gasteiger partial charge in [0, 0.05) is 18.8 Å². The summed E-state index contributed by atoms with van der Waals surface area (Å²) in [6, 6.07) is 16.8. The molecular weight excluding hydrogens is 409 g/mol. The number of rotatable bonds is 6. The van der Waals surface area contributed by atoms with Crippen LogP contribution in [-0.4, -0.2) is 32.0 Å². The Morgan fingerprint density at radius 3 is 2.56 bits per heavy atom. The summed E-state index contributed by atoms with van der Waals surface area (Å²) >= 11 is 0. The Balaban J connectivity index is 1.38. The Morgan fingerprint density at radius 1 is 0.938 bits per heavy atom. The number of H-pyrrole nitrogens is 1. The molecule has 0 unspecified atom stereocenters. The van der Waals surface area contributed by atoms with E-state index in [2.05, 4.69) is 24.9 Å². The van der Waals surface area contributed by atoms with Gasteiger partial charge in [0.25, 0.3) is 0 Å². The number of pyridine rings is 1. The predicted molar refractivity (Wildman–Crippen MR) is 117 cm³/mol. The summed E-state index contributed by atoms with van der Waals surface area (Å²) in [6.45, 7) is 0. The summed E-state index contributed by atoms with van der Waals surface area (Å²) in [5.41, 5.74) is 3.73. The molecule has 1 N–H and O–H groups in total. The molecule has 0 spiro atoms. The normalized spacial score (nSPS) is 10.9. The van der Waals surface area contributed by atoms with Gasteiger partial charge in [-0.05, 0) is 35.9 Å². The van der Waals surface area contributed by atoms with Crippen LogP contribution in [0.2, 0.25) is 0 Å². The lowest BCUT2D eigenvalue weighted by atomic mass is 10.1. The number of nitrogens with one attached hydrogen (secondary N) is 1. The molecule has 0 fully saturated rings. The third kappa shape index (κ3) is 3.98. The van der Waals surface area contributed by atoms with Crippen molar-refractivity contribution in [3.05, 3.63) is 90.4 Å².